The Morgan fingerprint density at radius 1 is 1.25 bits per heavy atom. The second kappa shape index (κ2) is 5.48. The van der Waals surface area contributed by atoms with Gasteiger partial charge >= 0.3 is 0 Å². The first-order chi connectivity index (χ1) is 7.30. The molecule has 0 saturated carbocycles. The third-order valence-corrected chi connectivity index (χ3v) is 3.85. The van der Waals surface area contributed by atoms with Gasteiger partial charge in [-0.25, -0.2) is 0 Å². The highest BCUT2D eigenvalue weighted by molar-refractivity contribution is 4.84. The predicted octanol–water partition coefficient (Wildman–Crippen LogP) is 1.39. The van der Waals surface area contributed by atoms with Crippen LogP contribution in [0, 0.1) is 5.41 Å². The normalized spacial score (nSPS) is 22.7. The number of hydrogen-bond donors (Lipinski definition) is 1. The van der Waals surface area contributed by atoms with Crippen LogP contribution in [0.1, 0.15) is 33.6 Å². The Labute approximate surface area is 101 Å². The first-order valence-electron chi connectivity index (χ1n) is 6.45. The van der Waals surface area contributed by atoms with Crippen LogP contribution in [0.4, 0.5) is 0 Å². The standard InChI is InChI=1S/C13H29N3/c1-13(2,3)12(14)10-16-8-6-11(7-9-16)15(4)5/h11-12H,6-10,14H2,1-5H3. The highest BCUT2D eigenvalue weighted by Crippen LogP contribution is 2.20. The van der Waals surface area contributed by atoms with Gasteiger partial charge in [0.2, 0.25) is 0 Å². The molecule has 1 atom stereocenters. The quantitative estimate of drug-likeness (QED) is 0.791. The van der Waals surface area contributed by atoms with E-state index in [1.807, 2.05) is 0 Å². The summed E-state index contributed by atoms with van der Waals surface area (Å²) in [6, 6.07) is 1.05. The highest BCUT2D eigenvalue weighted by Gasteiger charge is 2.26. The molecule has 0 radical (unpaired) electrons. The van der Waals surface area contributed by atoms with Gasteiger partial charge in [-0.15, -0.1) is 0 Å². The summed E-state index contributed by atoms with van der Waals surface area (Å²) in [4.78, 5) is 4.87. The van der Waals surface area contributed by atoms with Gasteiger partial charge in [-0.05, 0) is 45.4 Å². The molecule has 1 fully saturated rings. The van der Waals surface area contributed by atoms with E-state index in [1.54, 1.807) is 0 Å². The molecule has 1 rings (SSSR count). The molecule has 0 spiro atoms. The van der Waals surface area contributed by atoms with Crippen molar-refractivity contribution in [3.05, 3.63) is 0 Å². The lowest BCUT2D eigenvalue weighted by atomic mass is 9.86. The van der Waals surface area contributed by atoms with Gasteiger partial charge in [0.25, 0.3) is 0 Å². The molecule has 0 bridgehead atoms. The number of rotatable bonds is 3. The molecule has 0 aromatic rings. The molecule has 2 N–H and O–H groups in total. The summed E-state index contributed by atoms with van der Waals surface area (Å²) in [6.45, 7) is 10.1. The Morgan fingerprint density at radius 3 is 2.12 bits per heavy atom. The van der Waals surface area contributed by atoms with E-state index < -0.39 is 0 Å². The van der Waals surface area contributed by atoms with E-state index in [0.29, 0.717) is 0 Å². The number of likely N-dealkylation sites (tertiary alicyclic amines) is 1. The van der Waals surface area contributed by atoms with Crippen LogP contribution in [-0.4, -0.2) is 55.6 Å². The summed E-state index contributed by atoms with van der Waals surface area (Å²) in [7, 11) is 4.36. The van der Waals surface area contributed by atoms with Crippen LogP contribution in [-0.2, 0) is 0 Å². The van der Waals surface area contributed by atoms with E-state index in [1.165, 1.54) is 25.9 Å². The molecule has 3 heteroatoms. The molecule has 16 heavy (non-hydrogen) atoms. The van der Waals surface area contributed by atoms with E-state index >= 15 is 0 Å². The molecule has 96 valence electrons. The van der Waals surface area contributed by atoms with Gasteiger partial charge in [-0.2, -0.15) is 0 Å². The summed E-state index contributed by atoms with van der Waals surface area (Å²) >= 11 is 0. The van der Waals surface area contributed by atoms with Gasteiger partial charge in [0.05, 0.1) is 0 Å². The van der Waals surface area contributed by atoms with E-state index in [9.17, 15) is 0 Å². The van der Waals surface area contributed by atoms with E-state index in [-0.39, 0.29) is 11.5 Å². The van der Waals surface area contributed by atoms with E-state index in [2.05, 4.69) is 44.7 Å². The van der Waals surface area contributed by atoms with Crippen molar-refractivity contribution >= 4 is 0 Å². The van der Waals surface area contributed by atoms with Crippen LogP contribution in [0.2, 0.25) is 0 Å². The SMILES string of the molecule is CN(C)C1CCN(CC(N)C(C)(C)C)CC1. The second-order valence-corrected chi connectivity index (χ2v) is 6.47. The van der Waals surface area contributed by atoms with Gasteiger partial charge in [-0.3, -0.25) is 0 Å². The lowest BCUT2D eigenvalue weighted by molar-refractivity contribution is 0.123. The molecular weight excluding hydrogens is 198 g/mol. The van der Waals surface area contributed by atoms with Crippen molar-refractivity contribution in [2.75, 3.05) is 33.7 Å². The van der Waals surface area contributed by atoms with Crippen molar-refractivity contribution in [3.63, 3.8) is 0 Å². The fourth-order valence-corrected chi connectivity index (χ4v) is 2.17. The van der Waals surface area contributed by atoms with Crippen molar-refractivity contribution in [2.45, 2.75) is 45.7 Å². The third kappa shape index (κ3) is 4.04. The molecule has 0 aromatic heterocycles. The van der Waals surface area contributed by atoms with Crippen LogP contribution in [0.15, 0.2) is 0 Å². The molecule has 1 aliphatic rings. The molecule has 1 unspecified atom stereocenters. The number of nitrogens with zero attached hydrogens (tertiary/aromatic N) is 2. The predicted molar refractivity (Wildman–Crippen MR) is 70.6 cm³/mol. The lowest BCUT2D eigenvalue weighted by Gasteiger charge is -2.38. The Bertz CT molecular complexity index is 200. The smallest absolute Gasteiger partial charge is 0.0217 e. The molecule has 0 amide bonds. The summed E-state index contributed by atoms with van der Waals surface area (Å²) < 4.78 is 0. The second-order valence-electron chi connectivity index (χ2n) is 6.47. The maximum Gasteiger partial charge on any atom is 0.0217 e. The Kier molecular flexibility index (Phi) is 4.77. The fourth-order valence-electron chi connectivity index (χ4n) is 2.17. The molecule has 1 aliphatic heterocycles. The van der Waals surface area contributed by atoms with Crippen molar-refractivity contribution in [1.29, 1.82) is 0 Å². The van der Waals surface area contributed by atoms with Crippen LogP contribution in [0.3, 0.4) is 0 Å². The lowest BCUT2D eigenvalue weighted by Crippen LogP contribution is -2.49. The van der Waals surface area contributed by atoms with Crippen LogP contribution in [0.5, 0.6) is 0 Å². The van der Waals surface area contributed by atoms with Gasteiger partial charge in [0.1, 0.15) is 0 Å². The highest BCUT2D eigenvalue weighted by atomic mass is 15.2. The molecule has 0 aromatic carbocycles. The molecule has 3 nitrogen and oxygen atoms in total. The van der Waals surface area contributed by atoms with Gasteiger partial charge in [0, 0.05) is 18.6 Å². The van der Waals surface area contributed by atoms with Crippen molar-refractivity contribution in [3.8, 4) is 0 Å². The van der Waals surface area contributed by atoms with Crippen molar-refractivity contribution in [1.82, 2.24) is 9.80 Å². The summed E-state index contributed by atoms with van der Waals surface area (Å²) in [5.74, 6) is 0. The zero-order valence-corrected chi connectivity index (χ0v) is 11.7. The fraction of sp³-hybridized carbons (Fsp3) is 1.00. The summed E-state index contributed by atoms with van der Waals surface area (Å²) in [5.41, 5.74) is 6.44. The maximum atomic E-state index is 6.22. The van der Waals surface area contributed by atoms with Crippen molar-refractivity contribution in [2.24, 2.45) is 11.1 Å². The molecule has 0 aliphatic carbocycles. The maximum absolute atomic E-state index is 6.22. The minimum absolute atomic E-state index is 0.221. The number of nitrogens with two attached hydrogens (primary N) is 1. The van der Waals surface area contributed by atoms with Crippen LogP contribution >= 0.6 is 0 Å². The van der Waals surface area contributed by atoms with Gasteiger partial charge < -0.3 is 15.5 Å². The monoisotopic (exact) mass is 227 g/mol. The first-order valence-corrected chi connectivity index (χ1v) is 6.45. The third-order valence-electron chi connectivity index (χ3n) is 3.85. The minimum atomic E-state index is 0.221. The Hall–Kier alpha value is -0.120. The Morgan fingerprint density at radius 2 is 1.75 bits per heavy atom. The molecular formula is C13H29N3. The number of hydrogen-bond acceptors (Lipinski definition) is 3. The number of piperidine rings is 1. The Balaban J connectivity index is 2.32. The molecule has 1 saturated heterocycles. The first kappa shape index (κ1) is 13.9. The summed E-state index contributed by atoms with van der Waals surface area (Å²) in [5, 5.41) is 0. The minimum Gasteiger partial charge on any atom is -0.326 e. The average molecular weight is 227 g/mol. The van der Waals surface area contributed by atoms with Gasteiger partial charge in [0.15, 0.2) is 0 Å². The zero-order chi connectivity index (χ0) is 12.3. The van der Waals surface area contributed by atoms with E-state index in [0.717, 1.165) is 12.6 Å². The largest absolute Gasteiger partial charge is 0.326 e. The van der Waals surface area contributed by atoms with E-state index in [4.69, 9.17) is 5.73 Å². The van der Waals surface area contributed by atoms with Crippen molar-refractivity contribution < 1.29 is 0 Å². The van der Waals surface area contributed by atoms with Crippen LogP contribution < -0.4 is 5.73 Å². The average Bonchev–Trinajstić information content (AvgIpc) is 2.17. The van der Waals surface area contributed by atoms with Crippen LogP contribution in [0.25, 0.3) is 0 Å². The zero-order valence-electron chi connectivity index (χ0n) is 11.7. The summed E-state index contributed by atoms with van der Waals surface area (Å²) in [6.07, 6.45) is 2.56. The molecule has 1 heterocycles. The van der Waals surface area contributed by atoms with Gasteiger partial charge in [-0.1, -0.05) is 20.8 Å². The topological polar surface area (TPSA) is 32.5 Å².